The topological polar surface area (TPSA) is 87.1 Å². The molecule has 0 aliphatic carbocycles. The molecule has 1 aromatic rings. The van der Waals surface area contributed by atoms with Crippen molar-refractivity contribution in [3.8, 4) is 12.3 Å². The zero-order valence-electron chi connectivity index (χ0n) is 7.84. The van der Waals surface area contributed by atoms with Gasteiger partial charge in [-0.05, 0) is 0 Å². The molecule has 1 heterocycles. The monoisotopic (exact) mass is 209 g/mol. The summed E-state index contributed by atoms with van der Waals surface area (Å²) < 4.78 is 1.58. The van der Waals surface area contributed by atoms with Gasteiger partial charge in [-0.15, -0.1) is 6.42 Å². The van der Waals surface area contributed by atoms with Crippen LogP contribution in [-0.2, 0) is 13.6 Å². The predicted octanol–water partition coefficient (Wildman–Crippen LogP) is -0.912. The third-order valence-corrected chi connectivity index (χ3v) is 1.79. The fraction of sp³-hybridized carbons (Fsp3) is 0.250. The Morgan fingerprint density at radius 1 is 1.60 bits per heavy atom. The van der Waals surface area contributed by atoms with Crippen LogP contribution >= 0.6 is 0 Å². The largest absolute Gasteiger partial charge is 0.350 e. The Morgan fingerprint density at radius 2 is 2.20 bits per heavy atom. The molecule has 0 atom stereocenters. The number of terminal acetylenes is 1. The number of rotatable bonds is 2. The highest BCUT2D eigenvalue weighted by atomic mass is 16.6. The van der Waals surface area contributed by atoms with Crippen molar-refractivity contribution in [1.82, 2.24) is 9.13 Å². The second kappa shape index (κ2) is 3.79. The second-order valence-corrected chi connectivity index (χ2v) is 2.75. The summed E-state index contributed by atoms with van der Waals surface area (Å²) >= 11 is 0. The maximum Gasteiger partial charge on any atom is 0.350 e. The number of hydrogen-bond donors (Lipinski definition) is 0. The van der Waals surface area contributed by atoms with Crippen LogP contribution in [0.4, 0.5) is 5.69 Å². The van der Waals surface area contributed by atoms with Gasteiger partial charge in [0.05, 0.1) is 17.7 Å². The van der Waals surface area contributed by atoms with Crippen molar-refractivity contribution in [2.45, 2.75) is 6.54 Å². The number of aromatic nitrogens is 2. The Morgan fingerprint density at radius 3 is 2.67 bits per heavy atom. The molecule has 15 heavy (non-hydrogen) atoms. The van der Waals surface area contributed by atoms with E-state index in [1.807, 2.05) is 0 Å². The molecular formula is C8H7N3O4. The molecule has 0 spiro atoms. The Kier molecular flexibility index (Phi) is 2.71. The van der Waals surface area contributed by atoms with Gasteiger partial charge in [0.15, 0.2) is 0 Å². The van der Waals surface area contributed by atoms with Gasteiger partial charge in [-0.1, -0.05) is 5.92 Å². The lowest BCUT2D eigenvalue weighted by Crippen LogP contribution is -2.38. The zero-order valence-corrected chi connectivity index (χ0v) is 7.84. The normalized spacial score (nSPS) is 9.60. The Hall–Kier alpha value is -2.36. The van der Waals surface area contributed by atoms with Gasteiger partial charge < -0.3 is 0 Å². The van der Waals surface area contributed by atoms with Crippen LogP contribution in [0, 0.1) is 22.5 Å². The molecule has 0 N–H and O–H groups in total. The van der Waals surface area contributed by atoms with Gasteiger partial charge in [-0.2, -0.15) is 0 Å². The van der Waals surface area contributed by atoms with Crippen LogP contribution in [0.3, 0.4) is 0 Å². The first kappa shape index (κ1) is 10.7. The van der Waals surface area contributed by atoms with Gasteiger partial charge in [0, 0.05) is 7.05 Å². The minimum Gasteiger partial charge on any atom is -0.282 e. The van der Waals surface area contributed by atoms with Crippen molar-refractivity contribution in [3.05, 3.63) is 37.1 Å². The van der Waals surface area contributed by atoms with Crippen molar-refractivity contribution < 1.29 is 4.92 Å². The molecule has 7 heteroatoms. The maximum atomic E-state index is 11.4. The van der Waals surface area contributed by atoms with Crippen molar-refractivity contribution >= 4 is 5.69 Å². The standard InChI is InChI=1S/C8H7N3O4/c1-3-4-10-5-6(11(14)15)7(12)9(2)8(10)13/h1,5H,4H2,2H3. The molecule has 0 aliphatic heterocycles. The van der Waals surface area contributed by atoms with E-state index in [4.69, 9.17) is 6.42 Å². The summed E-state index contributed by atoms with van der Waals surface area (Å²) in [6, 6.07) is 0. The van der Waals surface area contributed by atoms with E-state index in [1.165, 1.54) is 0 Å². The van der Waals surface area contributed by atoms with Crippen molar-refractivity contribution in [2.75, 3.05) is 0 Å². The smallest absolute Gasteiger partial charge is 0.282 e. The van der Waals surface area contributed by atoms with E-state index < -0.39 is 21.9 Å². The average Bonchev–Trinajstić information content (AvgIpc) is 2.18. The first-order valence-electron chi connectivity index (χ1n) is 3.87. The van der Waals surface area contributed by atoms with E-state index in [0.717, 1.165) is 17.8 Å². The molecule has 0 amide bonds. The van der Waals surface area contributed by atoms with E-state index in [-0.39, 0.29) is 6.54 Å². The van der Waals surface area contributed by atoms with Crippen LogP contribution in [0.2, 0.25) is 0 Å². The highest BCUT2D eigenvalue weighted by molar-refractivity contribution is 5.21. The van der Waals surface area contributed by atoms with Crippen molar-refractivity contribution in [1.29, 1.82) is 0 Å². The third-order valence-electron chi connectivity index (χ3n) is 1.79. The lowest BCUT2D eigenvalue weighted by Gasteiger charge is -2.02. The van der Waals surface area contributed by atoms with Crippen LogP contribution in [0.15, 0.2) is 15.8 Å². The van der Waals surface area contributed by atoms with Crippen LogP contribution in [0.25, 0.3) is 0 Å². The number of nitrogens with zero attached hydrogens (tertiary/aromatic N) is 3. The highest BCUT2D eigenvalue weighted by Gasteiger charge is 2.17. The second-order valence-electron chi connectivity index (χ2n) is 2.75. The summed E-state index contributed by atoms with van der Waals surface area (Å²) in [7, 11) is 1.16. The number of hydrogen-bond acceptors (Lipinski definition) is 4. The van der Waals surface area contributed by atoms with Crippen LogP contribution in [0.1, 0.15) is 0 Å². The summed E-state index contributed by atoms with van der Waals surface area (Å²) in [5.41, 5.74) is -2.30. The summed E-state index contributed by atoms with van der Waals surface area (Å²) in [4.78, 5) is 32.2. The lowest BCUT2D eigenvalue weighted by atomic mass is 10.5. The molecule has 0 radical (unpaired) electrons. The Balaban J connectivity index is 3.62. The first-order chi connectivity index (χ1) is 6.99. The van der Waals surface area contributed by atoms with Crippen molar-refractivity contribution in [2.24, 2.45) is 7.05 Å². The molecule has 1 rings (SSSR count). The van der Waals surface area contributed by atoms with Gasteiger partial charge >= 0.3 is 16.9 Å². The quantitative estimate of drug-likeness (QED) is 0.358. The van der Waals surface area contributed by atoms with E-state index in [9.17, 15) is 19.7 Å². The Labute approximate surface area is 83.7 Å². The summed E-state index contributed by atoms with van der Waals surface area (Å²) in [6.45, 7) is -0.117. The molecule has 0 saturated heterocycles. The molecule has 0 bridgehead atoms. The molecule has 7 nitrogen and oxygen atoms in total. The van der Waals surface area contributed by atoms with Gasteiger partial charge in [0.25, 0.3) is 0 Å². The molecule has 0 saturated carbocycles. The first-order valence-corrected chi connectivity index (χ1v) is 3.87. The minimum absolute atomic E-state index is 0.117. The summed E-state index contributed by atoms with van der Waals surface area (Å²) in [5.74, 6) is 2.16. The zero-order chi connectivity index (χ0) is 11.6. The highest BCUT2D eigenvalue weighted by Crippen LogP contribution is 1.99. The van der Waals surface area contributed by atoms with E-state index in [0.29, 0.717) is 4.57 Å². The van der Waals surface area contributed by atoms with Gasteiger partial charge in [-0.3, -0.25) is 24.0 Å². The lowest BCUT2D eigenvalue weighted by molar-refractivity contribution is -0.387. The molecule has 0 unspecified atom stereocenters. The summed E-state index contributed by atoms with van der Waals surface area (Å²) in [5, 5.41) is 10.5. The maximum absolute atomic E-state index is 11.4. The molecule has 0 fully saturated rings. The minimum atomic E-state index is -0.946. The summed E-state index contributed by atoms with van der Waals surface area (Å²) in [6.07, 6.45) is 5.83. The van der Waals surface area contributed by atoms with Gasteiger partial charge in [0.1, 0.15) is 0 Å². The number of nitro groups is 1. The van der Waals surface area contributed by atoms with Crippen LogP contribution in [0.5, 0.6) is 0 Å². The van der Waals surface area contributed by atoms with Gasteiger partial charge in [0.2, 0.25) is 0 Å². The SMILES string of the molecule is C#CCn1cc([N+](=O)[O-])c(=O)n(C)c1=O. The third kappa shape index (κ3) is 1.78. The van der Waals surface area contributed by atoms with Crippen LogP contribution < -0.4 is 11.2 Å². The molecule has 0 aliphatic rings. The van der Waals surface area contributed by atoms with Gasteiger partial charge in [-0.25, -0.2) is 4.79 Å². The predicted molar refractivity (Wildman–Crippen MR) is 51.4 cm³/mol. The fourth-order valence-electron chi connectivity index (χ4n) is 1.05. The fourth-order valence-corrected chi connectivity index (χ4v) is 1.05. The average molecular weight is 209 g/mol. The van der Waals surface area contributed by atoms with Crippen LogP contribution in [-0.4, -0.2) is 14.1 Å². The van der Waals surface area contributed by atoms with Crippen molar-refractivity contribution in [3.63, 3.8) is 0 Å². The molecule has 0 aromatic carbocycles. The molecule has 1 aromatic heterocycles. The van der Waals surface area contributed by atoms with E-state index in [2.05, 4.69) is 5.92 Å². The van der Waals surface area contributed by atoms with E-state index in [1.54, 1.807) is 0 Å². The molecular weight excluding hydrogens is 202 g/mol. The Bertz CT molecular complexity index is 561. The molecule has 78 valence electrons. The van der Waals surface area contributed by atoms with E-state index >= 15 is 0 Å².